The fraction of sp³-hybridized carbons (Fsp3) is 0.462. The van der Waals surface area contributed by atoms with Crippen molar-refractivity contribution in [3.63, 3.8) is 0 Å². The molecule has 0 aliphatic heterocycles. The van der Waals surface area contributed by atoms with Crippen molar-refractivity contribution in [2.75, 3.05) is 5.32 Å². The standard InChI is InChI=1S/C13H17N5O/c1-10(8-17-6-4-14-9-17)16-12-13(19)18(7-5-15-12)11-2-3-11/h4-7,9-11H,2-3,8H2,1H3,(H,15,16). The highest BCUT2D eigenvalue weighted by Crippen LogP contribution is 2.33. The minimum atomic E-state index is -0.0255. The zero-order valence-electron chi connectivity index (χ0n) is 10.9. The van der Waals surface area contributed by atoms with Gasteiger partial charge in [-0.15, -0.1) is 0 Å². The lowest BCUT2D eigenvalue weighted by atomic mass is 10.3. The summed E-state index contributed by atoms with van der Waals surface area (Å²) in [5.74, 6) is 0.432. The maximum atomic E-state index is 12.2. The second kappa shape index (κ2) is 4.87. The molecule has 1 N–H and O–H groups in total. The van der Waals surface area contributed by atoms with E-state index in [0.717, 1.165) is 19.4 Å². The van der Waals surface area contributed by atoms with Crippen LogP contribution in [-0.4, -0.2) is 25.1 Å². The molecule has 2 heterocycles. The molecule has 6 heteroatoms. The average molecular weight is 259 g/mol. The first kappa shape index (κ1) is 12.0. The maximum Gasteiger partial charge on any atom is 0.293 e. The van der Waals surface area contributed by atoms with Crippen LogP contribution >= 0.6 is 0 Å². The van der Waals surface area contributed by atoms with Crippen molar-refractivity contribution in [3.8, 4) is 0 Å². The van der Waals surface area contributed by atoms with Crippen molar-refractivity contribution in [2.24, 2.45) is 0 Å². The molecule has 1 saturated carbocycles. The Balaban J connectivity index is 1.72. The van der Waals surface area contributed by atoms with Gasteiger partial charge in [-0.1, -0.05) is 0 Å². The predicted octanol–water partition coefficient (Wildman–Crippen LogP) is 1.28. The molecule has 6 nitrogen and oxygen atoms in total. The largest absolute Gasteiger partial charge is 0.361 e. The van der Waals surface area contributed by atoms with Gasteiger partial charge in [0.1, 0.15) is 0 Å². The normalized spacial score (nSPS) is 16.3. The number of aromatic nitrogens is 4. The lowest BCUT2D eigenvalue weighted by Crippen LogP contribution is -2.29. The highest BCUT2D eigenvalue weighted by molar-refractivity contribution is 5.32. The smallest absolute Gasteiger partial charge is 0.293 e. The molecule has 1 unspecified atom stereocenters. The summed E-state index contributed by atoms with van der Waals surface area (Å²) >= 11 is 0. The number of nitrogens with one attached hydrogen (secondary N) is 1. The summed E-state index contributed by atoms with van der Waals surface area (Å²) in [7, 11) is 0. The van der Waals surface area contributed by atoms with Crippen molar-refractivity contribution >= 4 is 5.82 Å². The van der Waals surface area contributed by atoms with E-state index < -0.39 is 0 Å². The quantitative estimate of drug-likeness (QED) is 0.878. The van der Waals surface area contributed by atoms with Crippen LogP contribution in [0.2, 0.25) is 0 Å². The molecule has 1 atom stereocenters. The van der Waals surface area contributed by atoms with Crippen molar-refractivity contribution in [2.45, 2.75) is 38.4 Å². The van der Waals surface area contributed by atoms with Gasteiger partial charge < -0.3 is 14.5 Å². The molecular formula is C13H17N5O. The fourth-order valence-electron chi connectivity index (χ4n) is 2.15. The van der Waals surface area contributed by atoms with E-state index >= 15 is 0 Å². The van der Waals surface area contributed by atoms with Crippen LogP contribution in [0.3, 0.4) is 0 Å². The SMILES string of the molecule is CC(Cn1ccnc1)Nc1nccn(C2CC2)c1=O. The van der Waals surface area contributed by atoms with E-state index in [1.165, 1.54) is 0 Å². The molecule has 1 aliphatic carbocycles. The van der Waals surface area contributed by atoms with Crippen LogP contribution in [0, 0.1) is 0 Å². The van der Waals surface area contributed by atoms with Gasteiger partial charge in [-0.3, -0.25) is 4.79 Å². The van der Waals surface area contributed by atoms with Crippen molar-refractivity contribution in [1.82, 2.24) is 19.1 Å². The molecule has 1 aliphatic rings. The van der Waals surface area contributed by atoms with Crippen LogP contribution in [0.15, 0.2) is 35.9 Å². The topological polar surface area (TPSA) is 64.7 Å². The predicted molar refractivity (Wildman–Crippen MR) is 72.1 cm³/mol. The third-order valence-corrected chi connectivity index (χ3v) is 3.24. The van der Waals surface area contributed by atoms with E-state index in [4.69, 9.17) is 0 Å². The zero-order valence-corrected chi connectivity index (χ0v) is 10.9. The van der Waals surface area contributed by atoms with E-state index in [1.807, 2.05) is 17.7 Å². The molecule has 0 radical (unpaired) electrons. The third kappa shape index (κ3) is 2.67. The number of anilines is 1. The molecular weight excluding hydrogens is 242 g/mol. The number of hydrogen-bond donors (Lipinski definition) is 1. The number of nitrogens with zero attached hydrogens (tertiary/aromatic N) is 4. The van der Waals surface area contributed by atoms with E-state index in [0.29, 0.717) is 11.9 Å². The average Bonchev–Trinajstić information content (AvgIpc) is 3.10. The van der Waals surface area contributed by atoms with Gasteiger partial charge >= 0.3 is 0 Å². The van der Waals surface area contributed by atoms with Crippen LogP contribution in [-0.2, 0) is 6.54 Å². The first-order chi connectivity index (χ1) is 9.24. The lowest BCUT2D eigenvalue weighted by molar-refractivity contribution is 0.612. The van der Waals surface area contributed by atoms with Gasteiger partial charge in [-0.05, 0) is 19.8 Å². The lowest BCUT2D eigenvalue weighted by Gasteiger charge is -2.15. The number of rotatable bonds is 5. The van der Waals surface area contributed by atoms with Crippen LogP contribution in [0.4, 0.5) is 5.82 Å². The third-order valence-electron chi connectivity index (χ3n) is 3.24. The monoisotopic (exact) mass is 259 g/mol. The summed E-state index contributed by atoms with van der Waals surface area (Å²) in [5, 5.41) is 3.18. The second-order valence-corrected chi connectivity index (χ2v) is 5.02. The Morgan fingerprint density at radius 1 is 1.42 bits per heavy atom. The Labute approximate surface area is 111 Å². The Morgan fingerprint density at radius 2 is 2.26 bits per heavy atom. The Kier molecular flexibility index (Phi) is 3.06. The van der Waals surface area contributed by atoms with Gasteiger partial charge in [0.25, 0.3) is 5.56 Å². The minimum Gasteiger partial charge on any atom is -0.361 e. The minimum absolute atomic E-state index is 0.0255. The molecule has 2 aromatic rings. The summed E-state index contributed by atoms with van der Waals surface area (Å²) in [4.78, 5) is 20.4. The van der Waals surface area contributed by atoms with Gasteiger partial charge in [0.05, 0.1) is 6.33 Å². The van der Waals surface area contributed by atoms with Gasteiger partial charge in [0.15, 0.2) is 5.82 Å². The zero-order chi connectivity index (χ0) is 13.2. The van der Waals surface area contributed by atoms with Crippen LogP contribution < -0.4 is 10.9 Å². The summed E-state index contributed by atoms with van der Waals surface area (Å²) in [6.07, 6.45) is 11.0. The summed E-state index contributed by atoms with van der Waals surface area (Å²) in [6.45, 7) is 2.77. The molecule has 0 spiro atoms. The van der Waals surface area contributed by atoms with Gasteiger partial charge in [0.2, 0.25) is 0 Å². The maximum absolute atomic E-state index is 12.2. The Bertz CT molecular complexity index is 600. The fourth-order valence-corrected chi connectivity index (χ4v) is 2.15. The number of imidazole rings is 1. The summed E-state index contributed by atoms with van der Waals surface area (Å²) in [5.41, 5.74) is -0.0255. The van der Waals surface area contributed by atoms with E-state index in [-0.39, 0.29) is 11.6 Å². The van der Waals surface area contributed by atoms with Crippen LogP contribution in [0.5, 0.6) is 0 Å². The van der Waals surface area contributed by atoms with Crippen LogP contribution in [0.25, 0.3) is 0 Å². The van der Waals surface area contributed by atoms with Crippen molar-refractivity contribution in [1.29, 1.82) is 0 Å². The summed E-state index contributed by atoms with van der Waals surface area (Å²) < 4.78 is 3.75. The van der Waals surface area contributed by atoms with Crippen molar-refractivity contribution in [3.05, 3.63) is 41.5 Å². The number of hydrogen-bond acceptors (Lipinski definition) is 4. The molecule has 0 aromatic carbocycles. The summed E-state index contributed by atoms with van der Waals surface area (Å²) in [6, 6.07) is 0.490. The highest BCUT2D eigenvalue weighted by atomic mass is 16.1. The Hall–Kier alpha value is -2.11. The molecule has 0 saturated heterocycles. The first-order valence-corrected chi connectivity index (χ1v) is 6.53. The van der Waals surface area contributed by atoms with E-state index in [2.05, 4.69) is 15.3 Å². The molecule has 0 bridgehead atoms. The molecule has 100 valence electrons. The molecule has 1 fully saturated rings. The van der Waals surface area contributed by atoms with Gasteiger partial charge in [-0.25, -0.2) is 9.97 Å². The molecule has 3 rings (SSSR count). The van der Waals surface area contributed by atoms with Gasteiger partial charge in [-0.2, -0.15) is 0 Å². The highest BCUT2D eigenvalue weighted by Gasteiger charge is 2.25. The van der Waals surface area contributed by atoms with Crippen molar-refractivity contribution < 1.29 is 0 Å². The van der Waals surface area contributed by atoms with E-state index in [9.17, 15) is 4.79 Å². The van der Waals surface area contributed by atoms with E-state index in [1.54, 1.807) is 29.5 Å². The molecule has 0 amide bonds. The van der Waals surface area contributed by atoms with Gasteiger partial charge in [0, 0.05) is 43.4 Å². The molecule has 2 aromatic heterocycles. The first-order valence-electron chi connectivity index (χ1n) is 6.53. The van der Waals surface area contributed by atoms with Crippen LogP contribution in [0.1, 0.15) is 25.8 Å². The second-order valence-electron chi connectivity index (χ2n) is 5.02. The molecule has 19 heavy (non-hydrogen) atoms. The Morgan fingerprint density at radius 3 is 2.95 bits per heavy atom.